The molecule has 4 heteroatoms. The van der Waals surface area contributed by atoms with Gasteiger partial charge in [0.15, 0.2) is 0 Å². The van der Waals surface area contributed by atoms with Crippen LogP contribution in [0.15, 0.2) is 66.7 Å². The third-order valence-corrected chi connectivity index (χ3v) is 4.48. The van der Waals surface area contributed by atoms with Gasteiger partial charge in [0, 0.05) is 13.7 Å². The standard InChI is InChI=1S/C22H24N2O2/c1-16(18-12-11-17-7-3-4-8-19(17)13-18)24-22(25)23-14-20-9-5-6-10-21(20)15-26-2/h3-13,16H,14-15H2,1-2H3,(H2,23,24,25). The molecule has 3 rings (SSSR count). The third-order valence-electron chi connectivity index (χ3n) is 4.48. The minimum Gasteiger partial charge on any atom is -0.380 e. The first kappa shape index (κ1) is 18.0. The third kappa shape index (κ3) is 4.41. The first-order valence-corrected chi connectivity index (χ1v) is 8.76. The Morgan fingerprint density at radius 2 is 1.65 bits per heavy atom. The van der Waals surface area contributed by atoms with E-state index in [2.05, 4.69) is 41.0 Å². The summed E-state index contributed by atoms with van der Waals surface area (Å²) in [6.07, 6.45) is 0. The first-order valence-electron chi connectivity index (χ1n) is 8.76. The van der Waals surface area contributed by atoms with E-state index >= 15 is 0 Å². The van der Waals surface area contributed by atoms with Crippen molar-refractivity contribution in [1.82, 2.24) is 10.6 Å². The summed E-state index contributed by atoms with van der Waals surface area (Å²) < 4.78 is 5.20. The van der Waals surface area contributed by atoms with Crippen molar-refractivity contribution in [3.63, 3.8) is 0 Å². The van der Waals surface area contributed by atoms with E-state index in [-0.39, 0.29) is 12.1 Å². The zero-order valence-corrected chi connectivity index (χ0v) is 15.2. The van der Waals surface area contributed by atoms with Crippen LogP contribution in [0.4, 0.5) is 4.79 Å². The van der Waals surface area contributed by atoms with E-state index in [1.165, 1.54) is 10.8 Å². The molecule has 2 amide bonds. The second-order valence-corrected chi connectivity index (χ2v) is 6.36. The number of amides is 2. The SMILES string of the molecule is COCc1ccccc1CNC(=O)NC(C)c1ccc2ccccc2c1. The summed E-state index contributed by atoms with van der Waals surface area (Å²) in [5, 5.41) is 8.30. The van der Waals surface area contributed by atoms with E-state index in [0.29, 0.717) is 13.2 Å². The van der Waals surface area contributed by atoms with Crippen molar-refractivity contribution in [2.75, 3.05) is 7.11 Å². The van der Waals surface area contributed by atoms with Gasteiger partial charge in [0.25, 0.3) is 0 Å². The van der Waals surface area contributed by atoms with Crippen LogP contribution in [0.2, 0.25) is 0 Å². The molecule has 0 aliphatic rings. The summed E-state index contributed by atoms with van der Waals surface area (Å²) in [7, 11) is 1.67. The van der Waals surface area contributed by atoms with Crippen LogP contribution in [0, 0.1) is 0 Å². The largest absolute Gasteiger partial charge is 0.380 e. The molecule has 134 valence electrons. The second kappa shape index (κ2) is 8.50. The maximum Gasteiger partial charge on any atom is 0.315 e. The highest BCUT2D eigenvalue weighted by atomic mass is 16.5. The molecule has 3 aromatic carbocycles. The predicted molar refractivity (Wildman–Crippen MR) is 105 cm³/mol. The number of hydrogen-bond acceptors (Lipinski definition) is 2. The van der Waals surface area contributed by atoms with Gasteiger partial charge < -0.3 is 15.4 Å². The van der Waals surface area contributed by atoms with Crippen LogP contribution < -0.4 is 10.6 Å². The molecule has 0 aromatic heterocycles. The molecule has 3 aromatic rings. The molecule has 0 fully saturated rings. The van der Waals surface area contributed by atoms with Crippen LogP contribution in [0.3, 0.4) is 0 Å². The van der Waals surface area contributed by atoms with Crippen molar-refractivity contribution in [3.05, 3.63) is 83.4 Å². The Balaban J connectivity index is 1.60. The summed E-state index contributed by atoms with van der Waals surface area (Å²) >= 11 is 0. The Kier molecular flexibility index (Phi) is 5.87. The number of urea groups is 1. The average molecular weight is 348 g/mol. The predicted octanol–water partition coefficient (Wildman–Crippen LogP) is 4.55. The second-order valence-electron chi connectivity index (χ2n) is 6.36. The Hall–Kier alpha value is -2.85. The van der Waals surface area contributed by atoms with Crippen molar-refractivity contribution in [3.8, 4) is 0 Å². The Morgan fingerprint density at radius 3 is 2.42 bits per heavy atom. The maximum atomic E-state index is 12.3. The lowest BCUT2D eigenvalue weighted by molar-refractivity contribution is 0.184. The number of hydrogen-bond donors (Lipinski definition) is 2. The molecule has 4 nitrogen and oxygen atoms in total. The molecule has 0 radical (unpaired) electrons. The van der Waals surface area contributed by atoms with Gasteiger partial charge in [-0.1, -0.05) is 60.7 Å². The zero-order valence-electron chi connectivity index (χ0n) is 15.2. The smallest absolute Gasteiger partial charge is 0.315 e. The van der Waals surface area contributed by atoms with E-state index in [4.69, 9.17) is 4.74 Å². The van der Waals surface area contributed by atoms with Gasteiger partial charge in [0.2, 0.25) is 0 Å². The molecule has 0 saturated heterocycles. The van der Waals surface area contributed by atoms with Gasteiger partial charge in [-0.15, -0.1) is 0 Å². The van der Waals surface area contributed by atoms with Crippen LogP contribution in [-0.2, 0) is 17.9 Å². The number of rotatable bonds is 6. The molecular weight excluding hydrogens is 324 g/mol. The van der Waals surface area contributed by atoms with Gasteiger partial charge in [-0.05, 0) is 40.5 Å². The molecule has 0 heterocycles. The molecule has 0 aliphatic heterocycles. The molecule has 1 unspecified atom stereocenters. The van der Waals surface area contributed by atoms with E-state index in [9.17, 15) is 4.79 Å². The number of methoxy groups -OCH3 is 1. The lowest BCUT2D eigenvalue weighted by Gasteiger charge is -2.16. The number of fused-ring (bicyclic) bond motifs is 1. The fraction of sp³-hybridized carbons (Fsp3) is 0.227. The van der Waals surface area contributed by atoms with Crippen molar-refractivity contribution in [2.24, 2.45) is 0 Å². The van der Waals surface area contributed by atoms with Gasteiger partial charge in [-0.3, -0.25) is 0 Å². The topological polar surface area (TPSA) is 50.4 Å². The highest BCUT2D eigenvalue weighted by molar-refractivity contribution is 5.83. The first-order chi connectivity index (χ1) is 12.7. The molecule has 1 atom stereocenters. The van der Waals surface area contributed by atoms with Crippen molar-refractivity contribution in [1.29, 1.82) is 0 Å². The quantitative estimate of drug-likeness (QED) is 0.687. The summed E-state index contributed by atoms with van der Waals surface area (Å²) in [5.74, 6) is 0. The maximum absolute atomic E-state index is 12.3. The van der Waals surface area contributed by atoms with Crippen molar-refractivity contribution in [2.45, 2.75) is 26.1 Å². The molecule has 0 bridgehead atoms. The van der Waals surface area contributed by atoms with Gasteiger partial charge in [0.05, 0.1) is 12.6 Å². The summed E-state index contributed by atoms with van der Waals surface area (Å²) in [5.41, 5.74) is 3.22. The normalized spacial score (nSPS) is 11.9. The monoisotopic (exact) mass is 348 g/mol. The van der Waals surface area contributed by atoms with Crippen LogP contribution in [0.5, 0.6) is 0 Å². The van der Waals surface area contributed by atoms with Crippen LogP contribution in [0.25, 0.3) is 10.8 Å². The van der Waals surface area contributed by atoms with Gasteiger partial charge in [-0.2, -0.15) is 0 Å². The number of ether oxygens (including phenoxy) is 1. The summed E-state index contributed by atoms with van der Waals surface area (Å²) in [6, 6.07) is 22.2. The molecule has 26 heavy (non-hydrogen) atoms. The zero-order chi connectivity index (χ0) is 18.4. The fourth-order valence-corrected chi connectivity index (χ4v) is 3.01. The highest BCUT2D eigenvalue weighted by Gasteiger charge is 2.10. The molecule has 0 spiro atoms. The number of carbonyl (C=O) groups excluding carboxylic acids is 1. The fourth-order valence-electron chi connectivity index (χ4n) is 3.01. The number of carbonyl (C=O) groups is 1. The van der Waals surface area contributed by atoms with E-state index < -0.39 is 0 Å². The average Bonchev–Trinajstić information content (AvgIpc) is 2.67. The minimum atomic E-state index is -0.183. The van der Waals surface area contributed by atoms with Gasteiger partial charge in [-0.25, -0.2) is 4.79 Å². The van der Waals surface area contributed by atoms with Gasteiger partial charge in [0.1, 0.15) is 0 Å². The van der Waals surface area contributed by atoms with E-state index in [0.717, 1.165) is 16.7 Å². The van der Waals surface area contributed by atoms with Crippen LogP contribution >= 0.6 is 0 Å². The Labute approximate surface area is 154 Å². The van der Waals surface area contributed by atoms with Crippen LogP contribution in [-0.4, -0.2) is 13.1 Å². The molecule has 0 saturated carbocycles. The van der Waals surface area contributed by atoms with Crippen LogP contribution in [0.1, 0.15) is 29.7 Å². The summed E-state index contributed by atoms with van der Waals surface area (Å²) in [6.45, 7) is 2.99. The number of benzene rings is 3. The van der Waals surface area contributed by atoms with E-state index in [1.54, 1.807) is 7.11 Å². The lowest BCUT2D eigenvalue weighted by Crippen LogP contribution is -2.36. The Morgan fingerprint density at radius 1 is 0.962 bits per heavy atom. The Bertz CT molecular complexity index is 892. The highest BCUT2D eigenvalue weighted by Crippen LogP contribution is 2.20. The lowest BCUT2D eigenvalue weighted by atomic mass is 10.0. The molecule has 2 N–H and O–H groups in total. The molecule has 0 aliphatic carbocycles. The van der Waals surface area contributed by atoms with Gasteiger partial charge >= 0.3 is 6.03 Å². The van der Waals surface area contributed by atoms with Crippen molar-refractivity contribution < 1.29 is 9.53 Å². The molecular formula is C22H24N2O2. The summed E-state index contributed by atoms with van der Waals surface area (Å²) in [4.78, 5) is 12.3. The minimum absolute atomic E-state index is 0.0752. The van der Waals surface area contributed by atoms with E-state index in [1.807, 2.05) is 43.3 Å². The van der Waals surface area contributed by atoms with Crippen molar-refractivity contribution >= 4 is 16.8 Å². The number of nitrogens with one attached hydrogen (secondary N) is 2.